The minimum Gasteiger partial charge on any atom is -0.496 e. The number of carbonyl (C=O) groups is 1. The number of hydrogen-bond donors (Lipinski definition) is 1. The van der Waals surface area contributed by atoms with Gasteiger partial charge in [-0.3, -0.25) is 0 Å². The Kier molecular flexibility index (Phi) is 6.26. The van der Waals surface area contributed by atoms with Crippen LogP contribution in [0.2, 0.25) is 0 Å². The van der Waals surface area contributed by atoms with Crippen LogP contribution in [0, 0.1) is 12.8 Å². The molecular weight excluding hydrogens is 226 g/mol. The van der Waals surface area contributed by atoms with Crippen LogP contribution in [0.1, 0.15) is 31.2 Å². The van der Waals surface area contributed by atoms with Crippen molar-refractivity contribution in [2.75, 3.05) is 19.5 Å². The summed E-state index contributed by atoms with van der Waals surface area (Å²) in [6.07, 6.45) is 5.91. The number of ether oxygens (including phenoxy) is 1. The van der Waals surface area contributed by atoms with E-state index < -0.39 is 0 Å². The quantitative estimate of drug-likeness (QED) is 0.834. The van der Waals surface area contributed by atoms with Crippen LogP contribution >= 0.6 is 0 Å². The van der Waals surface area contributed by atoms with Crippen molar-refractivity contribution in [1.29, 1.82) is 0 Å². The highest BCUT2D eigenvalue weighted by atomic mass is 16.5. The molecule has 1 fully saturated rings. The van der Waals surface area contributed by atoms with E-state index in [1.54, 1.807) is 7.11 Å². The van der Waals surface area contributed by atoms with Gasteiger partial charge in [-0.25, -0.2) is 0 Å². The predicted octanol–water partition coefficient (Wildman–Crippen LogP) is 3.42. The van der Waals surface area contributed by atoms with E-state index in [1.807, 2.05) is 32.2 Å². The summed E-state index contributed by atoms with van der Waals surface area (Å²) in [4.78, 5) is 10.0. The highest BCUT2D eigenvalue weighted by Gasteiger charge is 2.12. The van der Waals surface area contributed by atoms with Crippen LogP contribution < -0.4 is 10.1 Å². The van der Waals surface area contributed by atoms with Crippen LogP contribution in [0.4, 0.5) is 5.69 Å². The third-order valence-electron chi connectivity index (χ3n) is 3.29. The molecule has 1 aromatic carbocycles. The number of aldehydes is 1. The van der Waals surface area contributed by atoms with Gasteiger partial charge in [0.1, 0.15) is 12.0 Å². The fourth-order valence-electron chi connectivity index (χ4n) is 2.07. The molecule has 1 aliphatic carbocycles. The van der Waals surface area contributed by atoms with Gasteiger partial charge in [0.2, 0.25) is 0 Å². The lowest BCUT2D eigenvalue weighted by atomic mass is 10.1. The van der Waals surface area contributed by atoms with Gasteiger partial charge in [0.05, 0.1) is 7.11 Å². The van der Waals surface area contributed by atoms with Crippen molar-refractivity contribution in [3.63, 3.8) is 0 Å². The van der Waals surface area contributed by atoms with Gasteiger partial charge in [0, 0.05) is 24.7 Å². The van der Waals surface area contributed by atoms with Crippen molar-refractivity contribution in [3.05, 3.63) is 23.8 Å². The SMILES string of the molecule is CNc1ccc(C)c(OC)c1.O=CC1CCCC1. The third-order valence-corrected chi connectivity index (χ3v) is 3.29. The number of benzene rings is 1. The number of nitrogens with one attached hydrogen (secondary N) is 1. The van der Waals surface area contributed by atoms with Crippen LogP contribution in [-0.4, -0.2) is 20.4 Å². The Morgan fingerprint density at radius 3 is 2.44 bits per heavy atom. The van der Waals surface area contributed by atoms with E-state index in [2.05, 4.69) is 5.32 Å². The Balaban J connectivity index is 0.000000199. The molecule has 0 unspecified atom stereocenters. The fourth-order valence-corrected chi connectivity index (χ4v) is 2.07. The molecule has 0 atom stereocenters. The van der Waals surface area contributed by atoms with E-state index >= 15 is 0 Å². The average Bonchev–Trinajstić information content (AvgIpc) is 2.93. The molecule has 18 heavy (non-hydrogen) atoms. The molecule has 1 saturated carbocycles. The molecule has 0 heterocycles. The van der Waals surface area contributed by atoms with Crippen molar-refractivity contribution < 1.29 is 9.53 Å². The van der Waals surface area contributed by atoms with Gasteiger partial charge in [-0.2, -0.15) is 0 Å². The van der Waals surface area contributed by atoms with Gasteiger partial charge in [-0.1, -0.05) is 18.9 Å². The van der Waals surface area contributed by atoms with Crippen molar-refractivity contribution >= 4 is 12.0 Å². The summed E-state index contributed by atoms with van der Waals surface area (Å²) in [7, 11) is 3.58. The summed E-state index contributed by atoms with van der Waals surface area (Å²) in [5, 5.41) is 3.05. The van der Waals surface area contributed by atoms with E-state index in [0.29, 0.717) is 5.92 Å². The number of anilines is 1. The second-order valence-electron chi connectivity index (χ2n) is 4.62. The van der Waals surface area contributed by atoms with Crippen molar-refractivity contribution in [2.45, 2.75) is 32.6 Å². The summed E-state index contributed by atoms with van der Waals surface area (Å²) >= 11 is 0. The molecule has 0 amide bonds. The lowest BCUT2D eigenvalue weighted by molar-refractivity contribution is -0.110. The number of hydrogen-bond acceptors (Lipinski definition) is 3. The Hall–Kier alpha value is -1.51. The highest BCUT2D eigenvalue weighted by molar-refractivity contribution is 5.53. The lowest BCUT2D eigenvalue weighted by Gasteiger charge is -2.06. The molecule has 0 spiro atoms. The fraction of sp³-hybridized carbons (Fsp3) is 0.533. The summed E-state index contributed by atoms with van der Waals surface area (Å²) in [6, 6.07) is 6.04. The molecule has 0 bridgehead atoms. The first-order valence-corrected chi connectivity index (χ1v) is 6.49. The second-order valence-corrected chi connectivity index (χ2v) is 4.62. The van der Waals surface area contributed by atoms with Gasteiger partial charge < -0.3 is 14.8 Å². The summed E-state index contributed by atoms with van der Waals surface area (Å²) in [5.41, 5.74) is 2.24. The molecule has 1 aliphatic rings. The summed E-state index contributed by atoms with van der Waals surface area (Å²) in [5.74, 6) is 1.34. The molecule has 0 radical (unpaired) electrons. The smallest absolute Gasteiger partial charge is 0.123 e. The Bertz CT molecular complexity index is 371. The van der Waals surface area contributed by atoms with E-state index in [9.17, 15) is 4.79 Å². The van der Waals surface area contributed by atoms with Crippen LogP contribution in [0.25, 0.3) is 0 Å². The first-order valence-electron chi connectivity index (χ1n) is 6.49. The topological polar surface area (TPSA) is 38.3 Å². The maximum atomic E-state index is 10.0. The largest absolute Gasteiger partial charge is 0.496 e. The number of rotatable bonds is 3. The molecule has 1 N–H and O–H groups in total. The van der Waals surface area contributed by atoms with E-state index in [4.69, 9.17) is 4.74 Å². The molecule has 2 rings (SSSR count). The van der Waals surface area contributed by atoms with E-state index in [1.165, 1.54) is 12.8 Å². The molecule has 100 valence electrons. The van der Waals surface area contributed by atoms with Crippen LogP contribution in [-0.2, 0) is 4.79 Å². The normalized spacial score (nSPS) is 14.6. The highest BCUT2D eigenvalue weighted by Crippen LogP contribution is 2.22. The minimum atomic E-state index is 0.417. The number of methoxy groups -OCH3 is 1. The predicted molar refractivity (Wildman–Crippen MR) is 75.3 cm³/mol. The maximum absolute atomic E-state index is 10.0. The van der Waals surface area contributed by atoms with Gasteiger partial charge in [-0.15, -0.1) is 0 Å². The zero-order valence-electron chi connectivity index (χ0n) is 11.5. The maximum Gasteiger partial charge on any atom is 0.123 e. The third kappa shape index (κ3) is 4.40. The van der Waals surface area contributed by atoms with Crippen LogP contribution in [0.5, 0.6) is 5.75 Å². The molecular formula is C15H23NO2. The molecule has 3 nitrogen and oxygen atoms in total. The van der Waals surface area contributed by atoms with Gasteiger partial charge in [-0.05, 0) is 31.4 Å². The first kappa shape index (κ1) is 14.6. The lowest BCUT2D eigenvalue weighted by Crippen LogP contribution is -1.91. The number of aryl methyl sites for hydroxylation is 1. The van der Waals surface area contributed by atoms with Crippen molar-refractivity contribution in [2.24, 2.45) is 5.92 Å². The zero-order valence-corrected chi connectivity index (χ0v) is 11.5. The molecule has 3 heteroatoms. The second kappa shape index (κ2) is 7.75. The van der Waals surface area contributed by atoms with Crippen LogP contribution in [0.15, 0.2) is 18.2 Å². The molecule has 0 aromatic heterocycles. The first-order chi connectivity index (χ1) is 8.71. The van der Waals surface area contributed by atoms with Crippen molar-refractivity contribution in [3.8, 4) is 5.75 Å². The van der Waals surface area contributed by atoms with Crippen molar-refractivity contribution in [1.82, 2.24) is 0 Å². The standard InChI is InChI=1S/C9H13NO.C6H10O/c1-7-4-5-8(10-2)6-9(7)11-3;7-5-6-3-1-2-4-6/h4-6,10H,1-3H3;5-6H,1-4H2. The Labute approximate surface area is 110 Å². The van der Waals surface area contributed by atoms with Gasteiger partial charge >= 0.3 is 0 Å². The average molecular weight is 249 g/mol. The van der Waals surface area contributed by atoms with Gasteiger partial charge in [0.15, 0.2) is 0 Å². The zero-order chi connectivity index (χ0) is 13.4. The Morgan fingerprint density at radius 1 is 1.33 bits per heavy atom. The monoisotopic (exact) mass is 249 g/mol. The summed E-state index contributed by atoms with van der Waals surface area (Å²) in [6.45, 7) is 2.03. The number of carbonyl (C=O) groups excluding carboxylic acids is 1. The van der Waals surface area contributed by atoms with E-state index in [0.717, 1.165) is 36.1 Å². The minimum absolute atomic E-state index is 0.417. The van der Waals surface area contributed by atoms with Gasteiger partial charge in [0.25, 0.3) is 0 Å². The molecule has 0 saturated heterocycles. The Morgan fingerprint density at radius 2 is 2.00 bits per heavy atom. The molecule has 1 aromatic rings. The summed E-state index contributed by atoms with van der Waals surface area (Å²) < 4.78 is 5.15. The molecule has 0 aliphatic heterocycles. The van der Waals surface area contributed by atoms with E-state index in [-0.39, 0.29) is 0 Å². The van der Waals surface area contributed by atoms with Crippen LogP contribution in [0.3, 0.4) is 0 Å².